The number of piperidine rings is 1. The van der Waals surface area contributed by atoms with Crippen molar-refractivity contribution >= 4 is 11.4 Å². The maximum atomic E-state index is 10.5. The van der Waals surface area contributed by atoms with Crippen molar-refractivity contribution in [2.45, 2.75) is 32.2 Å². The molecule has 0 aliphatic carbocycles. The van der Waals surface area contributed by atoms with Crippen LogP contribution < -0.4 is 4.90 Å². The van der Waals surface area contributed by atoms with Crippen LogP contribution in [0.3, 0.4) is 0 Å². The molecule has 1 aliphatic rings. The van der Waals surface area contributed by atoms with Gasteiger partial charge in [-0.1, -0.05) is 0 Å². The lowest BCUT2D eigenvalue weighted by Gasteiger charge is -2.35. The molecule has 1 aromatic rings. The minimum Gasteiger partial charge on any atom is -0.369 e. The molecule has 2 rings (SSSR count). The number of anilines is 1. The van der Waals surface area contributed by atoms with E-state index in [0.717, 1.165) is 12.2 Å². The third-order valence-corrected chi connectivity index (χ3v) is 3.20. The molecule has 86 valence electrons. The van der Waals surface area contributed by atoms with Crippen LogP contribution in [-0.4, -0.2) is 17.5 Å². The number of non-ortho nitro benzene ring substituents is 1. The topological polar surface area (TPSA) is 46.4 Å². The second kappa shape index (κ2) is 4.51. The van der Waals surface area contributed by atoms with Crippen molar-refractivity contribution in [1.29, 1.82) is 0 Å². The maximum Gasteiger partial charge on any atom is 0.269 e. The monoisotopic (exact) mass is 220 g/mol. The molecule has 0 N–H and O–H groups in total. The summed E-state index contributed by atoms with van der Waals surface area (Å²) in [6.07, 6.45) is 3.70. The van der Waals surface area contributed by atoms with Crippen LogP contribution in [0.1, 0.15) is 26.2 Å². The normalized spacial score (nSPS) is 20.8. The lowest BCUT2D eigenvalue weighted by Crippen LogP contribution is -2.37. The first-order chi connectivity index (χ1) is 7.68. The highest BCUT2D eigenvalue weighted by Gasteiger charge is 2.18. The molecule has 1 fully saturated rings. The summed E-state index contributed by atoms with van der Waals surface area (Å²) in [4.78, 5) is 12.5. The molecule has 0 aromatic heterocycles. The van der Waals surface area contributed by atoms with Crippen LogP contribution in [0, 0.1) is 10.1 Å². The third-order valence-electron chi connectivity index (χ3n) is 3.20. The fourth-order valence-electron chi connectivity index (χ4n) is 2.25. The van der Waals surface area contributed by atoms with Crippen LogP contribution in [-0.2, 0) is 0 Å². The highest BCUT2D eigenvalue weighted by molar-refractivity contribution is 5.51. The van der Waals surface area contributed by atoms with Gasteiger partial charge in [0.2, 0.25) is 0 Å². The summed E-state index contributed by atoms with van der Waals surface area (Å²) in [5.74, 6) is 0. The van der Waals surface area contributed by atoms with Gasteiger partial charge in [0.15, 0.2) is 0 Å². The molecule has 0 saturated carbocycles. The van der Waals surface area contributed by atoms with Gasteiger partial charge in [-0.05, 0) is 38.3 Å². The molecular formula is C12H16N2O2. The molecule has 0 radical (unpaired) electrons. The van der Waals surface area contributed by atoms with Gasteiger partial charge in [-0.15, -0.1) is 0 Å². The van der Waals surface area contributed by atoms with Gasteiger partial charge in [-0.25, -0.2) is 0 Å². The van der Waals surface area contributed by atoms with Crippen LogP contribution >= 0.6 is 0 Å². The Kier molecular flexibility index (Phi) is 3.08. The number of nitro benzene ring substituents is 1. The molecule has 0 bridgehead atoms. The highest BCUT2D eigenvalue weighted by Crippen LogP contribution is 2.26. The largest absolute Gasteiger partial charge is 0.369 e. The minimum absolute atomic E-state index is 0.161. The Hall–Kier alpha value is -1.58. The van der Waals surface area contributed by atoms with E-state index < -0.39 is 0 Å². The first-order valence-corrected chi connectivity index (χ1v) is 5.69. The number of nitrogens with zero attached hydrogens (tertiary/aromatic N) is 2. The number of hydrogen-bond donors (Lipinski definition) is 0. The van der Waals surface area contributed by atoms with E-state index in [0.29, 0.717) is 6.04 Å². The van der Waals surface area contributed by atoms with Crippen LogP contribution in [0.25, 0.3) is 0 Å². The maximum absolute atomic E-state index is 10.5. The van der Waals surface area contributed by atoms with Crippen molar-refractivity contribution in [1.82, 2.24) is 0 Å². The molecule has 16 heavy (non-hydrogen) atoms. The molecule has 1 aromatic carbocycles. The van der Waals surface area contributed by atoms with Gasteiger partial charge >= 0.3 is 0 Å². The van der Waals surface area contributed by atoms with Crippen molar-refractivity contribution in [2.24, 2.45) is 0 Å². The number of nitro groups is 1. The van der Waals surface area contributed by atoms with Crippen molar-refractivity contribution in [2.75, 3.05) is 11.4 Å². The van der Waals surface area contributed by atoms with Gasteiger partial charge in [-0.3, -0.25) is 10.1 Å². The van der Waals surface area contributed by atoms with Crippen molar-refractivity contribution in [3.05, 3.63) is 34.4 Å². The van der Waals surface area contributed by atoms with Gasteiger partial charge in [0, 0.05) is 30.4 Å². The smallest absolute Gasteiger partial charge is 0.269 e. The van der Waals surface area contributed by atoms with E-state index in [1.807, 2.05) is 12.1 Å². The summed E-state index contributed by atoms with van der Waals surface area (Å²) >= 11 is 0. The van der Waals surface area contributed by atoms with Crippen molar-refractivity contribution < 1.29 is 4.92 Å². The Balaban J connectivity index is 2.17. The zero-order valence-electron chi connectivity index (χ0n) is 9.43. The van der Waals surface area contributed by atoms with E-state index in [1.54, 1.807) is 12.1 Å². The Morgan fingerprint density at radius 1 is 1.31 bits per heavy atom. The Bertz CT molecular complexity index is 375. The molecule has 1 aliphatic heterocycles. The SMILES string of the molecule is CC1CCCCN1c1ccc([N+](=O)[O-])cc1. The van der Waals surface area contributed by atoms with Crippen molar-refractivity contribution in [3.8, 4) is 0 Å². The van der Waals surface area contributed by atoms with Crippen LogP contribution in [0.2, 0.25) is 0 Å². The molecule has 0 amide bonds. The average molecular weight is 220 g/mol. The minimum atomic E-state index is -0.358. The Morgan fingerprint density at radius 3 is 2.56 bits per heavy atom. The van der Waals surface area contributed by atoms with E-state index in [2.05, 4.69) is 11.8 Å². The summed E-state index contributed by atoms with van der Waals surface area (Å²) in [5.41, 5.74) is 1.26. The second-order valence-corrected chi connectivity index (χ2v) is 4.31. The van der Waals surface area contributed by atoms with Crippen molar-refractivity contribution in [3.63, 3.8) is 0 Å². The van der Waals surface area contributed by atoms with E-state index in [4.69, 9.17) is 0 Å². The zero-order valence-corrected chi connectivity index (χ0v) is 9.43. The molecule has 0 spiro atoms. The van der Waals surface area contributed by atoms with Crippen LogP contribution in [0.4, 0.5) is 11.4 Å². The predicted molar refractivity (Wildman–Crippen MR) is 63.8 cm³/mol. The molecule has 1 saturated heterocycles. The van der Waals surface area contributed by atoms with E-state index in [1.165, 1.54) is 19.3 Å². The zero-order chi connectivity index (χ0) is 11.5. The molecule has 1 atom stereocenters. The molecule has 1 heterocycles. The fraction of sp³-hybridized carbons (Fsp3) is 0.500. The predicted octanol–water partition coefficient (Wildman–Crippen LogP) is 2.97. The average Bonchev–Trinajstić information content (AvgIpc) is 2.30. The van der Waals surface area contributed by atoms with Crippen LogP contribution in [0.5, 0.6) is 0 Å². The highest BCUT2D eigenvalue weighted by atomic mass is 16.6. The van der Waals surface area contributed by atoms with Gasteiger partial charge in [0.25, 0.3) is 5.69 Å². The fourth-order valence-corrected chi connectivity index (χ4v) is 2.25. The lowest BCUT2D eigenvalue weighted by atomic mass is 10.0. The summed E-state index contributed by atoms with van der Waals surface area (Å²) < 4.78 is 0. The number of hydrogen-bond acceptors (Lipinski definition) is 3. The summed E-state index contributed by atoms with van der Waals surface area (Å²) in [6, 6.07) is 7.39. The molecule has 4 nitrogen and oxygen atoms in total. The lowest BCUT2D eigenvalue weighted by molar-refractivity contribution is -0.384. The van der Waals surface area contributed by atoms with Gasteiger partial charge in [0.05, 0.1) is 4.92 Å². The first kappa shape index (κ1) is 10.9. The van der Waals surface area contributed by atoms with E-state index in [9.17, 15) is 10.1 Å². The Labute approximate surface area is 95.0 Å². The molecular weight excluding hydrogens is 204 g/mol. The first-order valence-electron chi connectivity index (χ1n) is 5.69. The summed E-state index contributed by atoms with van der Waals surface area (Å²) in [6.45, 7) is 3.26. The summed E-state index contributed by atoms with van der Waals surface area (Å²) in [7, 11) is 0. The molecule has 4 heteroatoms. The van der Waals surface area contributed by atoms with E-state index >= 15 is 0 Å². The second-order valence-electron chi connectivity index (χ2n) is 4.31. The third kappa shape index (κ3) is 2.15. The van der Waals surface area contributed by atoms with Gasteiger partial charge < -0.3 is 4.90 Å². The van der Waals surface area contributed by atoms with E-state index in [-0.39, 0.29) is 10.6 Å². The number of benzene rings is 1. The molecule has 1 unspecified atom stereocenters. The van der Waals surface area contributed by atoms with Crippen LogP contribution in [0.15, 0.2) is 24.3 Å². The Morgan fingerprint density at radius 2 is 2.00 bits per heavy atom. The van der Waals surface area contributed by atoms with Gasteiger partial charge in [-0.2, -0.15) is 0 Å². The summed E-state index contributed by atoms with van der Waals surface area (Å²) in [5, 5.41) is 10.5. The van der Waals surface area contributed by atoms with Gasteiger partial charge in [0.1, 0.15) is 0 Å². The quantitative estimate of drug-likeness (QED) is 0.568. The number of rotatable bonds is 2. The standard InChI is InChI=1S/C12H16N2O2/c1-10-4-2-3-9-13(10)11-5-7-12(8-6-11)14(15)16/h5-8,10H,2-4,9H2,1H3.